The van der Waals surface area contributed by atoms with Crippen LogP contribution in [0.25, 0.3) is 0 Å². The highest BCUT2D eigenvalue weighted by Gasteiger charge is 2.22. The molecule has 0 bridgehead atoms. The monoisotopic (exact) mass is 257 g/mol. The second kappa shape index (κ2) is 6.23. The Morgan fingerprint density at radius 1 is 1.39 bits per heavy atom. The fraction of sp³-hybridized carbons (Fsp3) is 0.333. The van der Waals surface area contributed by atoms with Gasteiger partial charge >= 0.3 is 18.0 Å². The average molecular weight is 257 g/mol. The Labute approximate surface area is 101 Å². The minimum atomic E-state index is -1.49. The number of aliphatic carboxylic acids is 2. The van der Waals surface area contributed by atoms with Crippen LogP contribution in [0, 0.1) is 0 Å². The number of carbonyl (C=O) groups excluding carboxylic acids is 1. The lowest BCUT2D eigenvalue weighted by atomic mass is 10.2. The minimum Gasteiger partial charge on any atom is -0.481 e. The molecule has 0 aliphatic carbocycles. The highest BCUT2D eigenvalue weighted by Crippen LogP contribution is 1.95. The molecule has 1 heterocycles. The van der Waals surface area contributed by atoms with Gasteiger partial charge in [-0.3, -0.25) is 4.79 Å². The lowest BCUT2D eigenvalue weighted by Crippen LogP contribution is -2.46. The predicted octanol–water partition coefficient (Wildman–Crippen LogP) is -0.598. The number of rotatable bonds is 6. The van der Waals surface area contributed by atoms with Crippen LogP contribution in [0.2, 0.25) is 0 Å². The van der Waals surface area contributed by atoms with Crippen LogP contribution in [0.15, 0.2) is 16.9 Å². The van der Waals surface area contributed by atoms with E-state index in [1.54, 1.807) is 0 Å². The van der Waals surface area contributed by atoms with Gasteiger partial charge in [0.1, 0.15) is 18.0 Å². The molecule has 1 aromatic heterocycles. The number of aromatic nitrogens is 1. The molecule has 0 aliphatic rings. The first kappa shape index (κ1) is 13.5. The molecule has 0 aromatic carbocycles. The molecule has 0 unspecified atom stereocenters. The average Bonchev–Trinajstić information content (AvgIpc) is 2.77. The maximum atomic E-state index is 11.3. The summed E-state index contributed by atoms with van der Waals surface area (Å²) in [6, 6.07) is -0.766. The fourth-order valence-corrected chi connectivity index (χ4v) is 1.08. The smallest absolute Gasteiger partial charge is 0.326 e. The van der Waals surface area contributed by atoms with Gasteiger partial charge in [-0.25, -0.2) is 9.59 Å². The van der Waals surface area contributed by atoms with Gasteiger partial charge < -0.3 is 25.4 Å². The molecule has 0 spiro atoms. The molecular weight excluding hydrogens is 246 g/mol. The van der Waals surface area contributed by atoms with Crippen LogP contribution in [0.4, 0.5) is 4.79 Å². The van der Waals surface area contributed by atoms with Gasteiger partial charge in [0.2, 0.25) is 0 Å². The zero-order chi connectivity index (χ0) is 13.5. The van der Waals surface area contributed by atoms with Crippen LogP contribution >= 0.6 is 0 Å². The second-order valence-electron chi connectivity index (χ2n) is 3.31. The topological polar surface area (TPSA) is 142 Å². The molecule has 1 rings (SSSR count). The van der Waals surface area contributed by atoms with Gasteiger partial charge in [-0.15, -0.1) is 0 Å². The molecule has 98 valence electrons. The third-order valence-electron chi connectivity index (χ3n) is 1.90. The number of carbonyl (C=O) groups is 3. The van der Waals surface area contributed by atoms with Crippen molar-refractivity contribution in [3.8, 4) is 0 Å². The van der Waals surface area contributed by atoms with Crippen LogP contribution in [0.1, 0.15) is 12.1 Å². The maximum absolute atomic E-state index is 11.3. The Morgan fingerprint density at radius 3 is 2.61 bits per heavy atom. The highest BCUT2D eigenvalue weighted by molar-refractivity contribution is 5.86. The Bertz CT molecular complexity index is 430. The van der Waals surface area contributed by atoms with Crippen molar-refractivity contribution in [2.24, 2.45) is 0 Å². The lowest BCUT2D eigenvalue weighted by molar-refractivity contribution is -0.145. The van der Waals surface area contributed by atoms with Gasteiger partial charge in [0.05, 0.1) is 13.0 Å². The summed E-state index contributed by atoms with van der Waals surface area (Å²) in [4.78, 5) is 32.4. The molecule has 4 N–H and O–H groups in total. The zero-order valence-electron chi connectivity index (χ0n) is 9.12. The van der Waals surface area contributed by atoms with Crippen molar-refractivity contribution in [3.05, 3.63) is 18.0 Å². The summed E-state index contributed by atoms with van der Waals surface area (Å²) in [5.41, 5.74) is 0.454. The summed E-state index contributed by atoms with van der Waals surface area (Å²) in [6.45, 7) is 0.0434. The second-order valence-corrected chi connectivity index (χ2v) is 3.31. The first-order valence-corrected chi connectivity index (χ1v) is 4.87. The summed E-state index contributed by atoms with van der Waals surface area (Å²) in [5, 5.41) is 25.0. The Hall–Kier alpha value is -2.58. The van der Waals surface area contributed by atoms with E-state index in [9.17, 15) is 14.4 Å². The van der Waals surface area contributed by atoms with Crippen molar-refractivity contribution in [3.63, 3.8) is 0 Å². The third kappa shape index (κ3) is 4.51. The van der Waals surface area contributed by atoms with Crippen molar-refractivity contribution in [2.75, 3.05) is 0 Å². The number of carboxylic acids is 2. The van der Waals surface area contributed by atoms with Crippen molar-refractivity contribution < 1.29 is 29.1 Å². The zero-order valence-corrected chi connectivity index (χ0v) is 9.12. The molecule has 0 fully saturated rings. The molecule has 1 aromatic rings. The summed E-state index contributed by atoms with van der Waals surface area (Å²) in [5.74, 6) is -2.74. The number of nitrogens with zero attached hydrogens (tertiary/aromatic N) is 1. The molecule has 9 heteroatoms. The van der Waals surface area contributed by atoms with Crippen LogP contribution in [0.3, 0.4) is 0 Å². The van der Waals surface area contributed by atoms with E-state index in [4.69, 9.17) is 10.2 Å². The number of amides is 2. The highest BCUT2D eigenvalue weighted by atomic mass is 16.5. The van der Waals surface area contributed by atoms with Gasteiger partial charge in [-0.05, 0) is 0 Å². The number of carboxylic acid groups (broad SMARTS) is 2. The quantitative estimate of drug-likeness (QED) is 0.533. The van der Waals surface area contributed by atoms with Gasteiger partial charge in [0.15, 0.2) is 0 Å². The molecule has 0 aliphatic heterocycles. The van der Waals surface area contributed by atoms with E-state index in [-0.39, 0.29) is 6.54 Å². The van der Waals surface area contributed by atoms with Crippen LogP contribution < -0.4 is 10.6 Å². The van der Waals surface area contributed by atoms with E-state index in [1.807, 2.05) is 5.32 Å². The van der Waals surface area contributed by atoms with Gasteiger partial charge in [-0.1, -0.05) is 5.16 Å². The Balaban J connectivity index is 2.41. The first-order valence-electron chi connectivity index (χ1n) is 4.87. The molecule has 0 saturated carbocycles. The van der Waals surface area contributed by atoms with Crippen LogP contribution in [-0.4, -0.2) is 39.4 Å². The fourth-order valence-electron chi connectivity index (χ4n) is 1.08. The van der Waals surface area contributed by atoms with E-state index in [1.165, 1.54) is 12.3 Å². The summed E-state index contributed by atoms with van der Waals surface area (Å²) in [6.07, 6.45) is 0.617. The van der Waals surface area contributed by atoms with Crippen molar-refractivity contribution in [1.29, 1.82) is 0 Å². The molecule has 18 heavy (non-hydrogen) atoms. The van der Waals surface area contributed by atoms with E-state index in [2.05, 4.69) is 15.0 Å². The van der Waals surface area contributed by atoms with Gasteiger partial charge in [-0.2, -0.15) is 0 Å². The molecule has 0 radical (unpaired) electrons. The van der Waals surface area contributed by atoms with Crippen LogP contribution in [0.5, 0.6) is 0 Å². The van der Waals surface area contributed by atoms with Gasteiger partial charge in [0, 0.05) is 6.07 Å². The van der Waals surface area contributed by atoms with Crippen molar-refractivity contribution in [1.82, 2.24) is 15.8 Å². The lowest BCUT2D eigenvalue weighted by Gasteiger charge is -2.12. The minimum absolute atomic E-state index is 0.0434. The number of hydrogen-bond acceptors (Lipinski definition) is 5. The molecule has 2 amide bonds. The number of hydrogen-bond donors (Lipinski definition) is 4. The normalized spacial score (nSPS) is 11.6. The molecule has 0 saturated heterocycles. The number of urea groups is 1. The van der Waals surface area contributed by atoms with E-state index in [0.717, 1.165) is 0 Å². The van der Waals surface area contributed by atoms with Crippen molar-refractivity contribution >= 4 is 18.0 Å². The van der Waals surface area contributed by atoms with Crippen molar-refractivity contribution in [2.45, 2.75) is 19.0 Å². The molecular formula is C9H11N3O6. The third-order valence-corrected chi connectivity index (χ3v) is 1.90. The van der Waals surface area contributed by atoms with Crippen LogP contribution in [-0.2, 0) is 16.1 Å². The summed E-state index contributed by atoms with van der Waals surface area (Å²) in [7, 11) is 0. The molecule has 9 nitrogen and oxygen atoms in total. The Kier molecular flexibility index (Phi) is 4.67. The van der Waals surface area contributed by atoms with Gasteiger partial charge in [0.25, 0.3) is 0 Å². The predicted molar refractivity (Wildman–Crippen MR) is 55.6 cm³/mol. The van der Waals surface area contributed by atoms with E-state index in [0.29, 0.717) is 5.69 Å². The molecule has 1 atom stereocenters. The van der Waals surface area contributed by atoms with E-state index >= 15 is 0 Å². The largest absolute Gasteiger partial charge is 0.481 e. The summed E-state index contributed by atoms with van der Waals surface area (Å²) >= 11 is 0. The first-order chi connectivity index (χ1) is 8.49. The Morgan fingerprint density at radius 2 is 2.11 bits per heavy atom. The standard InChI is InChI=1S/C9H11N3O6/c13-7(14)3-6(8(15)16)11-9(17)10-4-5-1-2-18-12-5/h1-2,6H,3-4H2,(H,13,14)(H,15,16)(H2,10,11,17)/t6-/m0/s1. The summed E-state index contributed by atoms with van der Waals surface area (Å²) < 4.78 is 4.53. The SMILES string of the molecule is O=C(O)C[C@H](NC(=O)NCc1ccon1)C(=O)O. The maximum Gasteiger partial charge on any atom is 0.326 e. The van der Waals surface area contributed by atoms with E-state index < -0.39 is 30.4 Å². The number of nitrogens with one attached hydrogen (secondary N) is 2.